The summed E-state index contributed by atoms with van der Waals surface area (Å²) in [5.41, 5.74) is 5.96. The molecule has 102 valence electrons. The van der Waals surface area contributed by atoms with Crippen LogP contribution in [-0.2, 0) is 13.6 Å². The van der Waals surface area contributed by atoms with Gasteiger partial charge in [0, 0.05) is 5.56 Å². The van der Waals surface area contributed by atoms with Crippen molar-refractivity contribution in [3.63, 3.8) is 0 Å². The normalized spacial score (nSPS) is 13.5. The van der Waals surface area contributed by atoms with E-state index >= 15 is 0 Å². The van der Waals surface area contributed by atoms with Crippen LogP contribution in [0.3, 0.4) is 0 Å². The third-order valence-corrected chi connectivity index (χ3v) is 4.52. The molecule has 0 unspecified atom stereocenters. The van der Waals surface area contributed by atoms with Gasteiger partial charge in [-0.1, -0.05) is 12.1 Å². The van der Waals surface area contributed by atoms with Crippen molar-refractivity contribution in [2.75, 3.05) is 13.2 Å². The fourth-order valence-corrected chi connectivity index (χ4v) is 3.18. The molecule has 0 amide bonds. The predicted molar refractivity (Wildman–Crippen MR) is 67.6 cm³/mol. The van der Waals surface area contributed by atoms with Gasteiger partial charge < -0.3 is 25.0 Å². The van der Waals surface area contributed by atoms with Crippen molar-refractivity contribution in [1.29, 1.82) is 0 Å². The lowest BCUT2D eigenvalue weighted by atomic mass is 10.2. The van der Waals surface area contributed by atoms with E-state index in [1.807, 2.05) is 0 Å². The van der Waals surface area contributed by atoms with E-state index in [1.165, 1.54) is 18.2 Å². The van der Waals surface area contributed by atoms with E-state index in [2.05, 4.69) is 0 Å². The minimum atomic E-state index is -3.57. The summed E-state index contributed by atoms with van der Waals surface area (Å²) in [5.74, 6) is -1.89. The Morgan fingerprint density at radius 1 is 1.28 bits per heavy atom. The molecular weight excluding hydrogens is 257 g/mol. The van der Waals surface area contributed by atoms with Crippen LogP contribution in [0.1, 0.15) is 25.2 Å². The molecule has 4 N–H and O–H groups in total. The Morgan fingerprint density at radius 2 is 1.83 bits per heavy atom. The molecule has 0 saturated carbocycles. The van der Waals surface area contributed by atoms with E-state index in [0.29, 0.717) is 0 Å². The Hall–Kier alpha value is -1.07. The summed E-state index contributed by atoms with van der Waals surface area (Å²) in [6.45, 7) is 3.68. The fraction of sp³-hybridized carbons (Fsp3) is 0.455. The second-order valence-electron chi connectivity index (χ2n) is 3.54. The SMILES string of the molecule is CCOP(=O)(OCC)[C@H](N)c1cccc(O)c1O. The smallest absolute Gasteiger partial charge is 0.351 e. The van der Waals surface area contributed by atoms with Gasteiger partial charge in [-0.25, -0.2) is 0 Å². The molecule has 0 aliphatic heterocycles. The number of phenolic OH excluding ortho intramolecular Hbond substituents is 2. The zero-order valence-electron chi connectivity index (χ0n) is 10.4. The van der Waals surface area contributed by atoms with Crippen molar-refractivity contribution in [3.05, 3.63) is 23.8 Å². The van der Waals surface area contributed by atoms with E-state index in [9.17, 15) is 14.8 Å². The summed E-state index contributed by atoms with van der Waals surface area (Å²) in [6.07, 6.45) is 0. The molecule has 7 heteroatoms. The van der Waals surface area contributed by atoms with Crippen LogP contribution in [0.5, 0.6) is 11.5 Å². The summed E-state index contributed by atoms with van der Waals surface area (Å²) in [7, 11) is -3.57. The maximum Gasteiger partial charge on any atom is 0.351 e. The third kappa shape index (κ3) is 3.03. The lowest BCUT2D eigenvalue weighted by molar-refractivity contribution is 0.212. The summed E-state index contributed by atoms with van der Waals surface area (Å²) >= 11 is 0. The molecule has 0 fully saturated rings. The number of hydrogen-bond acceptors (Lipinski definition) is 6. The highest BCUT2D eigenvalue weighted by atomic mass is 31.2. The zero-order valence-corrected chi connectivity index (χ0v) is 11.3. The van der Waals surface area contributed by atoms with Crippen molar-refractivity contribution in [2.45, 2.75) is 19.6 Å². The van der Waals surface area contributed by atoms with Gasteiger partial charge in [0.2, 0.25) is 0 Å². The second-order valence-corrected chi connectivity index (χ2v) is 5.69. The van der Waals surface area contributed by atoms with Gasteiger partial charge in [-0.3, -0.25) is 4.57 Å². The molecular formula is C11H18NO5P. The number of phenols is 2. The highest BCUT2D eigenvalue weighted by Gasteiger charge is 2.35. The lowest BCUT2D eigenvalue weighted by Crippen LogP contribution is -2.15. The maximum atomic E-state index is 12.4. The van der Waals surface area contributed by atoms with Crippen LogP contribution in [0.4, 0.5) is 0 Å². The summed E-state index contributed by atoms with van der Waals surface area (Å²) in [4.78, 5) is 0. The monoisotopic (exact) mass is 275 g/mol. The molecule has 0 aliphatic carbocycles. The van der Waals surface area contributed by atoms with Crippen molar-refractivity contribution < 1.29 is 23.8 Å². The first kappa shape index (κ1) is 15.0. The fourth-order valence-electron chi connectivity index (χ4n) is 1.52. The standard InChI is InChI=1S/C11H18NO5P/c1-3-16-18(15,17-4-2)11(12)8-6-5-7-9(13)10(8)14/h5-7,11,13-14H,3-4,12H2,1-2H3/t11-/m0/s1. The third-order valence-electron chi connectivity index (χ3n) is 2.32. The minimum Gasteiger partial charge on any atom is -0.504 e. The topological polar surface area (TPSA) is 102 Å². The van der Waals surface area contributed by atoms with Crippen LogP contribution < -0.4 is 5.73 Å². The van der Waals surface area contributed by atoms with Crippen molar-refractivity contribution in [1.82, 2.24) is 0 Å². The molecule has 1 atom stereocenters. The molecule has 0 aromatic heterocycles. The molecule has 0 bridgehead atoms. The van der Waals surface area contributed by atoms with E-state index < -0.39 is 19.1 Å². The molecule has 1 rings (SSSR count). The second kappa shape index (κ2) is 6.20. The number of nitrogens with two attached hydrogens (primary N) is 1. The Kier molecular flexibility index (Phi) is 5.16. The van der Waals surface area contributed by atoms with Gasteiger partial charge >= 0.3 is 7.60 Å². The number of benzene rings is 1. The Bertz CT molecular complexity index is 441. The van der Waals surface area contributed by atoms with Gasteiger partial charge in [-0.15, -0.1) is 0 Å². The summed E-state index contributed by atoms with van der Waals surface area (Å²) < 4.78 is 22.6. The molecule has 0 heterocycles. The number of rotatable bonds is 6. The van der Waals surface area contributed by atoms with Crippen LogP contribution in [0, 0.1) is 0 Å². The quantitative estimate of drug-likeness (QED) is 0.544. The molecule has 0 saturated heterocycles. The largest absolute Gasteiger partial charge is 0.504 e. The van der Waals surface area contributed by atoms with Crippen LogP contribution in [0.25, 0.3) is 0 Å². The van der Waals surface area contributed by atoms with E-state index in [1.54, 1.807) is 13.8 Å². The summed E-state index contributed by atoms with van der Waals surface area (Å²) in [6, 6.07) is 4.26. The highest BCUT2D eigenvalue weighted by Crippen LogP contribution is 2.59. The first-order valence-electron chi connectivity index (χ1n) is 5.61. The van der Waals surface area contributed by atoms with E-state index in [4.69, 9.17) is 14.8 Å². The molecule has 1 aromatic carbocycles. The predicted octanol–water partition coefficient (Wildman–Crippen LogP) is 2.32. The average molecular weight is 275 g/mol. The van der Waals surface area contributed by atoms with Crippen LogP contribution >= 0.6 is 7.60 Å². The molecule has 0 aliphatic rings. The molecule has 1 aromatic rings. The first-order chi connectivity index (χ1) is 8.46. The minimum absolute atomic E-state index is 0.125. The highest BCUT2D eigenvalue weighted by molar-refractivity contribution is 7.54. The summed E-state index contributed by atoms with van der Waals surface area (Å²) in [5, 5.41) is 19.1. The molecule has 18 heavy (non-hydrogen) atoms. The van der Waals surface area contributed by atoms with Crippen LogP contribution in [-0.4, -0.2) is 23.4 Å². The van der Waals surface area contributed by atoms with Gasteiger partial charge in [-0.2, -0.15) is 0 Å². The van der Waals surface area contributed by atoms with Gasteiger partial charge in [0.15, 0.2) is 11.5 Å². The Morgan fingerprint density at radius 3 is 2.33 bits per heavy atom. The Labute approximate surface area is 106 Å². The number of para-hydroxylation sites is 1. The van der Waals surface area contributed by atoms with Gasteiger partial charge in [0.1, 0.15) is 5.78 Å². The first-order valence-corrected chi connectivity index (χ1v) is 7.22. The molecule has 6 nitrogen and oxygen atoms in total. The van der Waals surface area contributed by atoms with E-state index in [-0.39, 0.29) is 24.5 Å². The van der Waals surface area contributed by atoms with Gasteiger partial charge in [-0.05, 0) is 19.9 Å². The maximum absolute atomic E-state index is 12.4. The van der Waals surface area contributed by atoms with Crippen molar-refractivity contribution in [2.24, 2.45) is 5.73 Å². The number of hydrogen-bond donors (Lipinski definition) is 3. The van der Waals surface area contributed by atoms with E-state index in [0.717, 1.165) is 0 Å². The van der Waals surface area contributed by atoms with Gasteiger partial charge in [0.05, 0.1) is 13.2 Å². The average Bonchev–Trinajstić information content (AvgIpc) is 2.32. The van der Waals surface area contributed by atoms with Crippen molar-refractivity contribution in [3.8, 4) is 11.5 Å². The van der Waals surface area contributed by atoms with Crippen LogP contribution in [0.2, 0.25) is 0 Å². The lowest BCUT2D eigenvalue weighted by Gasteiger charge is -2.24. The van der Waals surface area contributed by atoms with Crippen molar-refractivity contribution >= 4 is 7.60 Å². The Balaban J connectivity index is 3.13. The molecule has 0 spiro atoms. The molecule has 0 radical (unpaired) electrons. The number of aromatic hydroxyl groups is 2. The van der Waals surface area contributed by atoms with Gasteiger partial charge in [0.25, 0.3) is 0 Å². The zero-order chi connectivity index (χ0) is 13.8. The van der Waals surface area contributed by atoms with Crippen LogP contribution in [0.15, 0.2) is 18.2 Å².